The molecule has 0 radical (unpaired) electrons. The van der Waals surface area contributed by atoms with Crippen molar-refractivity contribution in [3.05, 3.63) is 39.8 Å². The molecule has 0 bridgehead atoms. The molecule has 1 atom stereocenters. The number of nitrogens with zero attached hydrogens (tertiary/aromatic N) is 3. The average Bonchev–Trinajstić information content (AvgIpc) is 3.53. The maximum atomic E-state index is 13.2. The van der Waals surface area contributed by atoms with Crippen LogP contribution in [0, 0.1) is 5.92 Å². The van der Waals surface area contributed by atoms with E-state index in [-0.39, 0.29) is 44.7 Å². The summed E-state index contributed by atoms with van der Waals surface area (Å²) in [6.07, 6.45) is -1.08. The Hall–Kier alpha value is -3.48. The van der Waals surface area contributed by atoms with Crippen LogP contribution >= 0.6 is 11.3 Å². The molecule has 174 valence electrons. The fourth-order valence-corrected chi connectivity index (χ4v) is 3.92. The topological polar surface area (TPSA) is 118 Å². The molecule has 0 unspecified atom stereocenters. The van der Waals surface area contributed by atoms with Crippen LogP contribution < -0.4 is 21.5 Å². The number of carbonyl (C=O) groups is 2. The predicted octanol–water partition coefficient (Wildman–Crippen LogP) is 3.43. The van der Waals surface area contributed by atoms with Gasteiger partial charge in [-0.3, -0.25) is 14.4 Å². The van der Waals surface area contributed by atoms with Crippen molar-refractivity contribution in [3.8, 4) is 0 Å². The van der Waals surface area contributed by atoms with Gasteiger partial charge in [-0.05, 0) is 19.8 Å². The van der Waals surface area contributed by atoms with Gasteiger partial charge in [0, 0.05) is 34.6 Å². The van der Waals surface area contributed by atoms with E-state index in [1.165, 1.54) is 11.4 Å². The monoisotopic (exact) mass is 483 g/mol. The van der Waals surface area contributed by atoms with Gasteiger partial charge in [0.2, 0.25) is 5.91 Å². The Kier molecular flexibility index (Phi) is 4.88. The Morgan fingerprint density at radius 2 is 2.06 bits per heavy atom. The molecule has 13 heteroatoms. The molecule has 3 heterocycles. The number of hydrogen-bond donors (Lipinski definition) is 3. The Bertz CT molecular complexity index is 1400. The molecule has 3 aromatic heterocycles. The Morgan fingerprint density at radius 1 is 1.30 bits per heavy atom. The molecule has 1 aliphatic rings. The maximum absolute atomic E-state index is 13.2. The minimum absolute atomic E-state index is 0.0239. The molecule has 0 saturated heterocycles. The predicted molar refractivity (Wildman–Crippen MR) is 117 cm³/mol. The highest BCUT2D eigenvalue weighted by atomic mass is 32.1. The number of alkyl halides is 3. The van der Waals surface area contributed by atoms with E-state index in [0.717, 1.165) is 43.5 Å². The van der Waals surface area contributed by atoms with Crippen molar-refractivity contribution < 1.29 is 26.9 Å². The number of fused-ring (bicyclic) bond motifs is 1. The van der Waals surface area contributed by atoms with Crippen molar-refractivity contribution in [3.63, 3.8) is 0 Å². The molecular formula is C20H19F3N6O3S. The van der Waals surface area contributed by atoms with Crippen molar-refractivity contribution >= 4 is 50.4 Å². The van der Waals surface area contributed by atoms with E-state index in [0.29, 0.717) is 4.68 Å². The number of amides is 2. The second kappa shape index (κ2) is 8.46. The SMILES string of the molecule is [2H]C([2H])([2H])NC(=O)c1cnc(NC(=O)C2CC2)cc1Nc1csc2cnn([C@H](C)C(F)(F)F)c(=O)c12. The first-order chi connectivity index (χ1) is 16.7. The van der Waals surface area contributed by atoms with Gasteiger partial charge in [0.25, 0.3) is 11.5 Å². The summed E-state index contributed by atoms with van der Waals surface area (Å²) in [5, 5.41) is 12.2. The fraction of sp³-hybridized carbons (Fsp3) is 0.350. The van der Waals surface area contributed by atoms with E-state index >= 15 is 0 Å². The van der Waals surface area contributed by atoms with Gasteiger partial charge < -0.3 is 16.0 Å². The Labute approximate surface area is 193 Å². The average molecular weight is 483 g/mol. The van der Waals surface area contributed by atoms with E-state index < -0.39 is 30.7 Å². The van der Waals surface area contributed by atoms with Crippen LogP contribution in [0.4, 0.5) is 30.4 Å². The van der Waals surface area contributed by atoms with Crippen molar-refractivity contribution in [1.29, 1.82) is 0 Å². The van der Waals surface area contributed by atoms with Crippen LogP contribution in [0.15, 0.2) is 28.6 Å². The summed E-state index contributed by atoms with van der Waals surface area (Å²) < 4.78 is 62.1. The van der Waals surface area contributed by atoms with Gasteiger partial charge in [-0.25, -0.2) is 9.67 Å². The molecule has 3 aromatic rings. The third kappa shape index (κ3) is 4.53. The zero-order valence-electron chi connectivity index (χ0n) is 20.0. The lowest BCUT2D eigenvalue weighted by Crippen LogP contribution is -2.34. The van der Waals surface area contributed by atoms with Crippen LogP contribution in [0.1, 0.15) is 40.3 Å². The quantitative estimate of drug-likeness (QED) is 0.495. The normalized spacial score (nSPS) is 16.4. The number of pyridine rings is 1. The zero-order chi connectivity index (χ0) is 26.4. The van der Waals surface area contributed by atoms with Crippen molar-refractivity contribution in [2.75, 3.05) is 17.6 Å². The molecule has 9 nitrogen and oxygen atoms in total. The lowest BCUT2D eigenvalue weighted by atomic mass is 10.2. The molecule has 1 aliphatic carbocycles. The summed E-state index contributed by atoms with van der Waals surface area (Å²) in [6, 6.07) is -0.913. The minimum Gasteiger partial charge on any atom is -0.355 e. The number of carbonyl (C=O) groups excluding carboxylic acids is 2. The highest BCUT2D eigenvalue weighted by molar-refractivity contribution is 7.17. The number of aromatic nitrogens is 3. The fourth-order valence-electron chi connectivity index (χ4n) is 3.07. The molecule has 0 spiro atoms. The number of anilines is 3. The van der Waals surface area contributed by atoms with Gasteiger partial charge >= 0.3 is 6.18 Å². The van der Waals surface area contributed by atoms with Crippen LogP contribution in [0.25, 0.3) is 10.1 Å². The van der Waals surface area contributed by atoms with Gasteiger partial charge in [0.1, 0.15) is 11.9 Å². The summed E-state index contributed by atoms with van der Waals surface area (Å²) in [7, 11) is 0. The summed E-state index contributed by atoms with van der Waals surface area (Å²) in [5.41, 5.74) is -1.19. The van der Waals surface area contributed by atoms with E-state index in [1.807, 2.05) is 5.32 Å². The van der Waals surface area contributed by atoms with Gasteiger partial charge in [-0.2, -0.15) is 18.3 Å². The first-order valence-corrected chi connectivity index (χ1v) is 10.6. The van der Waals surface area contributed by atoms with Crippen LogP contribution in [-0.4, -0.2) is 39.7 Å². The molecule has 1 saturated carbocycles. The standard InChI is InChI=1S/C20H19F3N6O3S/c1-9(20(21,22)23)29-19(32)16-13(8-33-14(16)7-26-29)27-12-5-15(28-17(30)10-3-4-10)25-6-11(12)18(31)24-2/h5-10H,3-4H2,1-2H3,(H,24,31)(H2,25,27,28,30)/t9-/m1/s1/i2D3. The number of hydrogen-bond acceptors (Lipinski definition) is 7. The smallest absolute Gasteiger partial charge is 0.355 e. The van der Waals surface area contributed by atoms with Crippen LogP contribution in [0.3, 0.4) is 0 Å². The summed E-state index contributed by atoms with van der Waals surface area (Å²) >= 11 is 1.03. The molecule has 1 fully saturated rings. The molecule has 0 aliphatic heterocycles. The lowest BCUT2D eigenvalue weighted by Gasteiger charge is -2.17. The zero-order valence-corrected chi connectivity index (χ0v) is 17.8. The molecule has 0 aromatic carbocycles. The van der Waals surface area contributed by atoms with Crippen LogP contribution in [0.2, 0.25) is 0 Å². The van der Waals surface area contributed by atoms with Gasteiger partial charge in [0.15, 0.2) is 0 Å². The largest absolute Gasteiger partial charge is 0.410 e. The second-order valence-electron chi connectivity index (χ2n) is 7.46. The maximum Gasteiger partial charge on any atom is 0.410 e. The van der Waals surface area contributed by atoms with Gasteiger partial charge in [0.05, 0.1) is 33.2 Å². The van der Waals surface area contributed by atoms with E-state index in [2.05, 4.69) is 20.7 Å². The first kappa shape index (κ1) is 19.0. The highest BCUT2D eigenvalue weighted by Gasteiger charge is 2.39. The van der Waals surface area contributed by atoms with E-state index in [1.54, 1.807) is 0 Å². The van der Waals surface area contributed by atoms with Crippen molar-refractivity contribution in [2.45, 2.75) is 32.0 Å². The molecule has 4 rings (SSSR count). The summed E-state index contributed by atoms with van der Waals surface area (Å²) in [4.78, 5) is 41.7. The first-order valence-electron chi connectivity index (χ1n) is 11.2. The molecular weight excluding hydrogens is 461 g/mol. The third-order valence-corrected chi connectivity index (χ3v) is 6.03. The van der Waals surface area contributed by atoms with E-state index in [4.69, 9.17) is 4.11 Å². The number of rotatable bonds is 6. The Morgan fingerprint density at radius 3 is 2.73 bits per heavy atom. The van der Waals surface area contributed by atoms with Crippen molar-refractivity contribution in [2.24, 2.45) is 5.92 Å². The lowest BCUT2D eigenvalue weighted by molar-refractivity contribution is -0.166. The third-order valence-electron chi connectivity index (χ3n) is 5.11. The summed E-state index contributed by atoms with van der Waals surface area (Å²) in [6.45, 7) is -2.01. The van der Waals surface area contributed by atoms with Crippen LogP contribution in [-0.2, 0) is 4.79 Å². The van der Waals surface area contributed by atoms with Gasteiger partial charge in [-0.15, -0.1) is 11.3 Å². The van der Waals surface area contributed by atoms with E-state index in [9.17, 15) is 27.6 Å². The summed E-state index contributed by atoms with van der Waals surface area (Å²) in [5.74, 6) is -1.38. The van der Waals surface area contributed by atoms with Crippen LogP contribution in [0.5, 0.6) is 0 Å². The highest BCUT2D eigenvalue weighted by Crippen LogP contribution is 2.34. The number of thiophene rings is 1. The number of nitrogens with one attached hydrogen (secondary N) is 3. The second-order valence-corrected chi connectivity index (χ2v) is 8.37. The minimum atomic E-state index is -4.71. The number of halogens is 3. The molecule has 33 heavy (non-hydrogen) atoms. The molecule has 3 N–H and O–H groups in total. The van der Waals surface area contributed by atoms with Gasteiger partial charge in [-0.1, -0.05) is 0 Å². The Balaban J connectivity index is 1.76. The van der Waals surface area contributed by atoms with Crippen molar-refractivity contribution in [1.82, 2.24) is 20.1 Å². The molecule has 2 amide bonds.